The molecule has 0 aromatic rings. The highest BCUT2D eigenvalue weighted by Gasteiger charge is 2.28. The van der Waals surface area contributed by atoms with E-state index >= 15 is 0 Å². The van der Waals surface area contributed by atoms with Gasteiger partial charge in [0.15, 0.2) is 0 Å². The summed E-state index contributed by atoms with van der Waals surface area (Å²) < 4.78 is 5.10. The van der Waals surface area contributed by atoms with Crippen LogP contribution in [0.15, 0.2) is 0 Å². The molecule has 0 aromatic heterocycles. The molecule has 3 nitrogen and oxygen atoms in total. The van der Waals surface area contributed by atoms with Gasteiger partial charge in [0.1, 0.15) is 6.04 Å². The van der Waals surface area contributed by atoms with E-state index in [1.54, 1.807) is 0 Å². The number of carbonyl (C=O) groups excluding carboxylic acids is 1. The zero-order valence-electron chi connectivity index (χ0n) is 9.70. The number of esters is 1. The SMILES string of the molecule is CCOC(=O)C1CCCCN1CCSC. The van der Waals surface area contributed by atoms with Gasteiger partial charge >= 0.3 is 5.97 Å². The molecule has 0 N–H and O–H groups in total. The van der Waals surface area contributed by atoms with Crippen LogP contribution in [-0.2, 0) is 9.53 Å². The molecule has 1 saturated heterocycles. The lowest BCUT2D eigenvalue weighted by Gasteiger charge is -2.33. The van der Waals surface area contributed by atoms with Crippen LogP contribution in [0.2, 0.25) is 0 Å². The molecule has 1 aliphatic rings. The van der Waals surface area contributed by atoms with Gasteiger partial charge in [-0.15, -0.1) is 0 Å². The predicted octanol–water partition coefficient (Wildman–Crippen LogP) is 1.77. The van der Waals surface area contributed by atoms with Crippen LogP contribution in [0.25, 0.3) is 0 Å². The number of likely N-dealkylation sites (tertiary alicyclic amines) is 1. The Balaban J connectivity index is 2.45. The Morgan fingerprint density at radius 1 is 1.53 bits per heavy atom. The van der Waals surface area contributed by atoms with Crippen molar-refractivity contribution in [3.63, 3.8) is 0 Å². The molecule has 1 heterocycles. The van der Waals surface area contributed by atoms with E-state index in [0.29, 0.717) is 6.61 Å². The minimum absolute atomic E-state index is 0.0193. The molecule has 0 aliphatic carbocycles. The Bertz CT molecular complexity index is 199. The molecule has 1 rings (SSSR count). The van der Waals surface area contributed by atoms with E-state index in [1.165, 1.54) is 6.42 Å². The monoisotopic (exact) mass is 231 g/mol. The number of hydrogen-bond donors (Lipinski definition) is 0. The van der Waals surface area contributed by atoms with Crippen LogP contribution in [0.1, 0.15) is 26.2 Å². The Kier molecular flexibility index (Phi) is 6.10. The summed E-state index contributed by atoms with van der Waals surface area (Å²) >= 11 is 1.83. The highest BCUT2D eigenvalue weighted by molar-refractivity contribution is 7.98. The van der Waals surface area contributed by atoms with Crippen molar-refractivity contribution in [3.05, 3.63) is 0 Å². The fourth-order valence-corrected chi connectivity index (χ4v) is 2.39. The summed E-state index contributed by atoms with van der Waals surface area (Å²) in [5.41, 5.74) is 0. The second-order valence-electron chi connectivity index (χ2n) is 3.79. The normalized spacial score (nSPS) is 22.7. The standard InChI is InChI=1S/C11H21NO2S/c1-3-14-11(13)10-6-4-5-7-12(10)8-9-15-2/h10H,3-9H2,1-2H3. The molecule has 15 heavy (non-hydrogen) atoms. The lowest BCUT2D eigenvalue weighted by Crippen LogP contribution is -2.46. The molecule has 4 heteroatoms. The second kappa shape index (κ2) is 7.12. The highest BCUT2D eigenvalue weighted by Crippen LogP contribution is 2.18. The Morgan fingerprint density at radius 3 is 3.00 bits per heavy atom. The Labute approximate surface area is 96.5 Å². The molecule has 0 bridgehead atoms. The van der Waals surface area contributed by atoms with Crippen LogP contribution in [0.3, 0.4) is 0 Å². The number of piperidine rings is 1. The first-order valence-electron chi connectivity index (χ1n) is 5.69. The molecule has 1 atom stereocenters. The summed E-state index contributed by atoms with van der Waals surface area (Å²) in [5, 5.41) is 0. The molecule has 0 aromatic carbocycles. The third-order valence-corrected chi connectivity index (χ3v) is 3.35. The average molecular weight is 231 g/mol. The van der Waals surface area contributed by atoms with Crippen molar-refractivity contribution < 1.29 is 9.53 Å². The molecule has 0 amide bonds. The van der Waals surface area contributed by atoms with Crippen LogP contribution in [-0.4, -0.2) is 48.6 Å². The van der Waals surface area contributed by atoms with E-state index in [1.807, 2.05) is 18.7 Å². The second-order valence-corrected chi connectivity index (χ2v) is 4.78. The molecule has 1 fully saturated rings. The number of ether oxygens (including phenoxy) is 1. The zero-order valence-corrected chi connectivity index (χ0v) is 10.5. The average Bonchev–Trinajstić information content (AvgIpc) is 2.27. The number of nitrogens with zero attached hydrogens (tertiary/aromatic N) is 1. The number of thioether (sulfide) groups is 1. The third-order valence-electron chi connectivity index (χ3n) is 2.75. The van der Waals surface area contributed by atoms with Crippen molar-refractivity contribution in [2.75, 3.05) is 31.7 Å². The van der Waals surface area contributed by atoms with E-state index in [9.17, 15) is 4.79 Å². The maximum absolute atomic E-state index is 11.7. The first-order valence-corrected chi connectivity index (χ1v) is 7.08. The van der Waals surface area contributed by atoms with Gasteiger partial charge < -0.3 is 4.74 Å². The summed E-state index contributed by atoms with van der Waals surface area (Å²) in [7, 11) is 0. The van der Waals surface area contributed by atoms with E-state index in [4.69, 9.17) is 4.74 Å². The summed E-state index contributed by atoms with van der Waals surface area (Å²) in [6.07, 6.45) is 5.43. The minimum atomic E-state index is -0.0293. The molecular weight excluding hydrogens is 210 g/mol. The maximum atomic E-state index is 11.7. The van der Waals surface area contributed by atoms with Crippen LogP contribution in [0, 0.1) is 0 Å². The first-order chi connectivity index (χ1) is 7.29. The van der Waals surface area contributed by atoms with Gasteiger partial charge in [0.2, 0.25) is 0 Å². The molecule has 88 valence electrons. The van der Waals surface area contributed by atoms with Gasteiger partial charge in [0.25, 0.3) is 0 Å². The van der Waals surface area contributed by atoms with Crippen molar-refractivity contribution in [1.29, 1.82) is 0 Å². The van der Waals surface area contributed by atoms with Crippen molar-refractivity contribution in [2.45, 2.75) is 32.2 Å². The van der Waals surface area contributed by atoms with Gasteiger partial charge in [-0.05, 0) is 32.6 Å². The molecular formula is C11H21NO2S. The van der Waals surface area contributed by atoms with Gasteiger partial charge in [0.05, 0.1) is 6.61 Å². The summed E-state index contributed by atoms with van der Waals surface area (Å²) in [6, 6.07) is 0.0193. The van der Waals surface area contributed by atoms with Crippen molar-refractivity contribution in [2.24, 2.45) is 0 Å². The van der Waals surface area contributed by atoms with Gasteiger partial charge in [0, 0.05) is 12.3 Å². The largest absolute Gasteiger partial charge is 0.465 e. The van der Waals surface area contributed by atoms with E-state index in [2.05, 4.69) is 11.2 Å². The van der Waals surface area contributed by atoms with Gasteiger partial charge in [-0.3, -0.25) is 9.69 Å². The van der Waals surface area contributed by atoms with Gasteiger partial charge in [-0.2, -0.15) is 11.8 Å². The van der Waals surface area contributed by atoms with Crippen molar-refractivity contribution in [1.82, 2.24) is 4.90 Å². The smallest absolute Gasteiger partial charge is 0.323 e. The summed E-state index contributed by atoms with van der Waals surface area (Å²) in [5.74, 6) is 1.06. The van der Waals surface area contributed by atoms with Crippen LogP contribution in [0.4, 0.5) is 0 Å². The minimum Gasteiger partial charge on any atom is -0.465 e. The topological polar surface area (TPSA) is 29.5 Å². The van der Waals surface area contributed by atoms with Crippen LogP contribution < -0.4 is 0 Å². The fourth-order valence-electron chi connectivity index (χ4n) is 1.97. The molecule has 0 spiro atoms. The fraction of sp³-hybridized carbons (Fsp3) is 0.909. The zero-order chi connectivity index (χ0) is 11.1. The number of rotatable bonds is 5. The van der Waals surface area contributed by atoms with Crippen molar-refractivity contribution >= 4 is 17.7 Å². The predicted molar refractivity (Wildman–Crippen MR) is 64.2 cm³/mol. The van der Waals surface area contributed by atoms with Gasteiger partial charge in [-0.1, -0.05) is 6.42 Å². The maximum Gasteiger partial charge on any atom is 0.323 e. The van der Waals surface area contributed by atoms with E-state index < -0.39 is 0 Å². The van der Waals surface area contributed by atoms with Crippen LogP contribution >= 0.6 is 11.8 Å². The Morgan fingerprint density at radius 2 is 2.33 bits per heavy atom. The molecule has 1 aliphatic heterocycles. The lowest BCUT2D eigenvalue weighted by atomic mass is 10.0. The summed E-state index contributed by atoms with van der Waals surface area (Å²) in [6.45, 7) is 4.41. The van der Waals surface area contributed by atoms with E-state index in [-0.39, 0.29) is 12.0 Å². The van der Waals surface area contributed by atoms with Crippen molar-refractivity contribution in [3.8, 4) is 0 Å². The number of hydrogen-bond acceptors (Lipinski definition) is 4. The highest BCUT2D eigenvalue weighted by atomic mass is 32.2. The summed E-state index contributed by atoms with van der Waals surface area (Å²) in [4.78, 5) is 14.0. The molecule has 1 unspecified atom stereocenters. The van der Waals surface area contributed by atoms with Gasteiger partial charge in [-0.25, -0.2) is 0 Å². The Hall–Kier alpha value is -0.220. The lowest BCUT2D eigenvalue weighted by molar-refractivity contribution is -0.150. The first kappa shape index (κ1) is 12.8. The molecule has 0 radical (unpaired) electrons. The third kappa shape index (κ3) is 4.03. The van der Waals surface area contributed by atoms with Crippen LogP contribution in [0.5, 0.6) is 0 Å². The van der Waals surface area contributed by atoms with E-state index in [0.717, 1.165) is 31.7 Å². The molecule has 0 saturated carbocycles. The quantitative estimate of drug-likeness (QED) is 0.674. The number of carbonyl (C=O) groups is 1.